The number of benzene rings is 2. The number of ether oxygens (including phenoxy) is 2. The molecule has 2 aromatic rings. The summed E-state index contributed by atoms with van der Waals surface area (Å²) in [6.07, 6.45) is 1.49. The Morgan fingerprint density at radius 3 is 2.67 bits per heavy atom. The third kappa shape index (κ3) is 4.13. The standard InChI is InChI=1S/C19H22N2O5S/c1-14-6-7-16(27(23,24)21-8-10-26-11-9-21)12-17(14)20-13-15-4-3-5-18(25-2)19(15)22/h3-7,12-13,22H,8-11H2,1-2H3. The van der Waals surface area contributed by atoms with Gasteiger partial charge < -0.3 is 14.6 Å². The fourth-order valence-corrected chi connectivity index (χ4v) is 4.20. The lowest BCUT2D eigenvalue weighted by molar-refractivity contribution is 0.0730. The highest BCUT2D eigenvalue weighted by Crippen LogP contribution is 2.30. The molecule has 0 aliphatic carbocycles. The zero-order valence-electron chi connectivity index (χ0n) is 15.3. The second kappa shape index (κ2) is 8.08. The average molecular weight is 390 g/mol. The number of methoxy groups -OCH3 is 1. The molecule has 144 valence electrons. The van der Waals surface area contributed by atoms with Crippen LogP contribution in [0.15, 0.2) is 46.3 Å². The van der Waals surface area contributed by atoms with Crippen LogP contribution >= 0.6 is 0 Å². The van der Waals surface area contributed by atoms with E-state index in [2.05, 4.69) is 4.99 Å². The lowest BCUT2D eigenvalue weighted by Crippen LogP contribution is -2.40. The number of hydrogen-bond acceptors (Lipinski definition) is 6. The number of para-hydroxylation sites is 1. The summed E-state index contributed by atoms with van der Waals surface area (Å²) in [6, 6.07) is 9.95. The molecule has 0 bridgehead atoms. The lowest BCUT2D eigenvalue weighted by Gasteiger charge is -2.26. The number of hydrogen-bond donors (Lipinski definition) is 1. The SMILES string of the molecule is COc1cccc(C=Nc2cc(S(=O)(=O)N3CCOCC3)ccc2C)c1O. The Hall–Kier alpha value is -2.42. The number of phenolic OH excluding ortho intramolecular Hbond substituents is 1. The minimum atomic E-state index is -3.59. The van der Waals surface area contributed by atoms with E-state index < -0.39 is 10.0 Å². The summed E-state index contributed by atoms with van der Waals surface area (Å²) in [5.41, 5.74) is 1.83. The molecule has 1 saturated heterocycles. The maximum Gasteiger partial charge on any atom is 0.243 e. The van der Waals surface area contributed by atoms with Gasteiger partial charge in [0, 0.05) is 24.9 Å². The van der Waals surface area contributed by atoms with Gasteiger partial charge in [0.2, 0.25) is 10.0 Å². The molecule has 2 aromatic carbocycles. The molecule has 1 N–H and O–H groups in total. The molecule has 27 heavy (non-hydrogen) atoms. The molecule has 8 heteroatoms. The molecule has 0 saturated carbocycles. The summed E-state index contributed by atoms with van der Waals surface area (Å²) in [7, 11) is -2.12. The minimum absolute atomic E-state index is 0.0153. The van der Waals surface area contributed by atoms with Gasteiger partial charge in [-0.25, -0.2) is 8.42 Å². The summed E-state index contributed by atoms with van der Waals surface area (Å²) in [6.45, 7) is 3.32. The highest BCUT2D eigenvalue weighted by Gasteiger charge is 2.26. The molecule has 7 nitrogen and oxygen atoms in total. The van der Waals surface area contributed by atoms with Crippen LogP contribution in [0, 0.1) is 6.92 Å². The molecule has 3 rings (SSSR count). The van der Waals surface area contributed by atoms with E-state index in [0.717, 1.165) is 5.56 Å². The maximum atomic E-state index is 12.8. The number of aryl methyl sites for hydroxylation is 1. The fraction of sp³-hybridized carbons (Fsp3) is 0.316. The molecular formula is C19H22N2O5S. The van der Waals surface area contributed by atoms with Crippen molar-refractivity contribution in [1.29, 1.82) is 0 Å². The maximum absolute atomic E-state index is 12.8. The number of aliphatic imine (C=N–C) groups is 1. The van der Waals surface area contributed by atoms with E-state index in [4.69, 9.17) is 9.47 Å². The summed E-state index contributed by atoms with van der Waals surface area (Å²) in [5, 5.41) is 10.2. The number of morpholine rings is 1. The molecule has 0 unspecified atom stereocenters. The lowest BCUT2D eigenvalue weighted by atomic mass is 10.2. The Kier molecular flexibility index (Phi) is 5.79. The van der Waals surface area contributed by atoms with Crippen LogP contribution in [0.4, 0.5) is 5.69 Å². The van der Waals surface area contributed by atoms with Gasteiger partial charge in [-0.3, -0.25) is 4.99 Å². The second-order valence-corrected chi connectivity index (χ2v) is 8.06. The van der Waals surface area contributed by atoms with Crippen LogP contribution in [-0.2, 0) is 14.8 Å². The van der Waals surface area contributed by atoms with E-state index in [1.54, 1.807) is 36.4 Å². The van der Waals surface area contributed by atoms with Crippen LogP contribution in [0.1, 0.15) is 11.1 Å². The number of rotatable bonds is 5. The van der Waals surface area contributed by atoms with Crippen molar-refractivity contribution in [3.63, 3.8) is 0 Å². The van der Waals surface area contributed by atoms with Crippen LogP contribution < -0.4 is 4.74 Å². The summed E-state index contributed by atoms with van der Waals surface area (Å²) in [4.78, 5) is 4.58. The van der Waals surface area contributed by atoms with Crippen molar-refractivity contribution in [2.24, 2.45) is 4.99 Å². The van der Waals surface area contributed by atoms with Gasteiger partial charge >= 0.3 is 0 Å². The molecule has 1 heterocycles. The van der Waals surface area contributed by atoms with Gasteiger partial charge in [-0.2, -0.15) is 4.31 Å². The number of aromatic hydroxyl groups is 1. The van der Waals surface area contributed by atoms with Crippen molar-refractivity contribution in [2.75, 3.05) is 33.4 Å². The average Bonchev–Trinajstić information content (AvgIpc) is 2.69. The van der Waals surface area contributed by atoms with Gasteiger partial charge in [0.1, 0.15) is 0 Å². The molecule has 0 aromatic heterocycles. The van der Waals surface area contributed by atoms with Crippen LogP contribution in [0.5, 0.6) is 11.5 Å². The van der Waals surface area contributed by atoms with E-state index in [9.17, 15) is 13.5 Å². The zero-order chi connectivity index (χ0) is 19.4. The second-order valence-electron chi connectivity index (χ2n) is 6.12. The number of nitrogens with zero attached hydrogens (tertiary/aromatic N) is 2. The Bertz CT molecular complexity index is 951. The van der Waals surface area contributed by atoms with E-state index in [0.29, 0.717) is 43.3 Å². The van der Waals surface area contributed by atoms with Crippen molar-refractivity contribution < 1.29 is 23.0 Å². The van der Waals surface area contributed by atoms with Gasteiger partial charge in [0.05, 0.1) is 30.9 Å². The summed E-state index contributed by atoms with van der Waals surface area (Å²) < 4.78 is 37.4. The number of phenols is 1. The van der Waals surface area contributed by atoms with E-state index in [1.807, 2.05) is 6.92 Å². The third-order valence-corrected chi connectivity index (χ3v) is 6.28. The predicted molar refractivity (Wildman–Crippen MR) is 103 cm³/mol. The van der Waals surface area contributed by atoms with Crippen molar-refractivity contribution in [1.82, 2.24) is 4.31 Å². The van der Waals surface area contributed by atoms with Gasteiger partial charge in [0.25, 0.3) is 0 Å². The van der Waals surface area contributed by atoms with Gasteiger partial charge in [-0.15, -0.1) is 0 Å². The van der Waals surface area contributed by atoms with Crippen LogP contribution in [0.2, 0.25) is 0 Å². The van der Waals surface area contributed by atoms with E-state index in [-0.39, 0.29) is 10.6 Å². The molecule has 1 fully saturated rings. The van der Waals surface area contributed by atoms with Gasteiger partial charge in [-0.1, -0.05) is 12.1 Å². The summed E-state index contributed by atoms with van der Waals surface area (Å²) >= 11 is 0. The zero-order valence-corrected chi connectivity index (χ0v) is 16.1. The van der Waals surface area contributed by atoms with Gasteiger partial charge in [-0.05, 0) is 36.8 Å². The predicted octanol–water partition coefficient (Wildman–Crippen LogP) is 2.48. The van der Waals surface area contributed by atoms with Crippen LogP contribution in [-0.4, -0.2) is 57.5 Å². The van der Waals surface area contributed by atoms with Crippen molar-refractivity contribution in [3.05, 3.63) is 47.5 Å². The molecule has 0 amide bonds. The summed E-state index contributed by atoms with van der Waals surface area (Å²) in [5.74, 6) is 0.331. The monoisotopic (exact) mass is 390 g/mol. The number of sulfonamides is 1. The Morgan fingerprint density at radius 2 is 1.96 bits per heavy atom. The molecule has 0 spiro atoms. The minimum Gasteiger partial charge on any atom is -0.504 e. The first-order chi connectivity index (χ1) is 12.9. The Morgan fingerprint density at radius 1 is 1.22 bits per heavy atom. The molecular weight excluding hydrogens is 368 g/mol. The highest BCUT2D eigenvalue weighted by molar-refractivity contribution is 7.89. The largest absolute Gasteiger partial charge is 0.504 e. The first-order valence-electron chi connectivity index (χ1n) is 8.52. The van der Waals surface area contributed by atoms with E-state index >= 15 is 0 Å². The van der Waals surface area contributed by atoms with Crippen molar-refractivity contribution in [3.8, 4) is 11.5 Å². The first kappa shape index (κ1) is 19.3. The highest BCUT2D eigenvalue weighted by atomic mass is 32.2. The van der Waals surface area contributed by atoms with Gasteiger partial charge in [0.15, 0.2) is 11.5 Å². The molecule has 1 aliphatic rings. The molecule has 0 atom stereocenters. The van der Waals surface area contributed by atoms with E-state index in [1.165, 1.54) is 17.6 Å². The topological polar surface area (TPSA) is 88.4 Å². The van der Waals surface area contributed by atoms with Crippen molar-refractivity contribution in [2.45, 2.75) is 11.8 Å². The Balaban J connectivity index is 1.92. The first-order valence-corrected chi connectivity index (χ1v) is 9.96. The quantitative estimate of drug-likeness (QED) is 0.793. The Labute approximate surface area is 158 Å². The fourth-order valence-electron chi connectivity index (χ4n) is 2.77. The van der Waals surface area contributed by atoms with Crippen LogP contribution in [0.3, 0.4) is 0 Å². The van der Waals surface area contributed by atoms with Crippen LogP contribution in [0.25, 0.3) is 0 Å². The smallest absolute Gasteiger partial charge is 0.243 e. The molecule has 0 radical (unpaired) electrons. The third-order valence-electron chi connectivity index (χ3n) is 4.38. The normalized spacial score (nSPS) is 15.9. The van der Waals surface area contributed by atoms with Crippen molar-refractivity contribution >= 4 is 21.9 Å². The molecule has 1 aliphatic heterocycles.